The van der Waals surface area contributed by atoms with Crippen LogP contribution in [0.25, 0.3) is 10.9 Å². The number of hydrogen-bond donors (Lipinski definition) is 3. The van der Waals surface area contributed by atoms with E-state index in [1.54, 1.807) is 13.8 Å². The van der Waals surface area contributed by atoms with Crippen molar-refractivity contribution in [3.05, 3.63) is 58.5 Å². The Morgan fingerprint density at radius 1 is 1.10 bits per heavy atom. The van der Waals surface area contributed by atoms with Crippen molar-refractivity contribution in [1.29, 1.82) is 0 Å². The molecule has 2 heterocycles. The van der Waals surface area contributed by atoms with Crippen LogP contribution in [0.5, 0.6) is 0 Å². The number of fused-ring (bicyclic) bond motifs is 1. The maximum Gasteiger partial charge on any atom is 0.339 e. The molecule has 0 radical (unpaired) electrons. The molecule has 8 nitrogen and oxygen atoms in total. The summed E-state index contributed by atoms with van der Waals surface area (Å²) in [6.45, 7) is 3.33. The summed E-state index contributed by atoms with van der Waals surface area (Å²) in [7, 11) is 2.55. The topological polar surface area (TPSA) is 113 Å². The van der Waals surface area contributed by atoms with E-state index < -0.39 is 23.9 Å². The van der Waals surface area contributed by atoms with Gasteiger partial charge in [0.2, 0.25) is 0 Å². The van der Waals surface area contributed by atoms with Crippen molar-refractivity contribution >= 4 is 28.7 Å². The molecule has 1 amide bonds. The summed E-state index contributed by atoms with van der Waals surface area (Å²) in [6.07, 6.45) is 2.07. The highest BCUT2D eigenvalue weighted by Gasteiger charge is 2.27. The quantitative estimate of drug-likeness (QED) is 0.553. The van der Waals surface area contributed by atoms with Crippen LogP contribution in [0.3, 0.4) is 0 Å². The van der Waals surface area contributed by atoms with Gasteiger partial charge in [0.05, 0.1) is 19.8 Å². The van der Waals surface area contributed by atoms with E-state index in [9.17, 15) is 14.4 Å². The second kappa shape index (κ2) is 8.22. The molecule has 8 heteroatoms. The molecule has 0 spiro atoms. The molecule has 29 heavy (non-hydrogen) atoms. The molecule has 0 bridgehead atoms. The first-order valence-corrected chi connectivity index (χ1v) is 9.08. The highest BCUT2D eigenvalue weighted by atomic mass is 16.5. The van der Waals surface area contributed by atoms with Crippen LogP contribution in [-0.4, -0.2) is 48.1 Å². The molecule has 3 N–H and O–H groups in total. The number of para-hydroxylation sites is 1. The van der Waals surface area contributed by atoms with Gasteiger partial charge >= 0.3 is 11.9 Å². The summed E-state index contributed by atoms with van der Waals surface area (Å²) in [4.78, 5) is 43.2. The second-order valence-electron chi connectivity index (χ2n) is 6.73. The number of aryl methyl sites for hydroxylation is 1. The van der Waals surface area contributed by atoms with Crippen molar-refractivity contribution in [3.63, 3.8) is 0 Å². The van der Waals surface area contributed by atoms with Gasteiger partial charge in [-0.05, 0) is 31.0 Å². The normalized spacial score (nSPS) is 11.9. The Labute approximate surface area is 167 Å². The highest BCUT2D eigenvalue weighted by Crippen LogP contribution is 2.21. The molecule has 3 rings (SSSR count). The molecule has 2 aromatic heterocycles. The fourth-order valence-corrected chi connectivity index (χ4v) is 3.47. The largest absolute Gasteiger partial charge is 0.467 e. The minimum Gasteiger partial charge on any atom is -0.467 e. The van der Waals surface area contributed by atoms with Gasteiger partial charge in [-0.15, -0.1) is 0 Å². The molecule has 152 valence electrons. The molecular formula is C21H23N3O5. The first kappa shape index (κ1) is 20.2. The van der Waals surface area contributed by atoms with Crippen LogP contribution in [0.4, 0.5) is 0 Å². The summed E-state index contributed by atoms with van der Waals surface area (Å²) in [5.41, 5.74) is 3.31. The zero-order chi connectivity index (χ0) is 21.1. The van der Waals surface area contributed by atoms with Gasteiger partial charge in [0.1, 0.15) is 11.7 Å². The van der Waals surface area contributed by atoms with Crippen LogP contribution < -0.4 is 5.32 Å². The lowest BCUT2D eigenvalue weighted by molar-refractivity contribution is -0.142. The molecule has 1 aromatic carbocycles. The average molecular weight is 397 g/mol. The Morgan fingerprint density at radius 2 is 1.83 bits per heavy atom. The number of rotatable bonds is 6. The number of esters is 2. The number of carbonyl (C=O) groups excluding carboxylic acids is 3. The molecule has 3 aromatic rings. The summed E-state index contributed by atoms with van der Waals surface area (Å²) < 4.78 is 9.65. The number of H-pyrrole nitrogens is 2. The molecule has 0 saturated carbocycles. The maximum atomic E-state index is 12.9. The predicted molar refractivity (Wildman–Crippen MR) is 107 cm³/mol. The monoisotopic (exact) mass is 397 g/mol. The molecule has 0 unspecified atom stereocenters. The summed E-state index contributed by atoms with van der Waals surface area (Å²) in [5, 5.41) is 3.68. The minimum atomic E-state index is -0.892. The van der Waals surface area contributed by atoms with E-state index in [0.29, 0.717) is 16.8 Å². The summed E-state index contributed by atoms with van der Waals surface area (Å²) >= 11 is 0. The maximum absolute atomic E-state index is 12.9. The molecule has 0 aliphatic carbocycles. The number of aromatic amines is 2. The number of methoxy groups -OCH3 is 2. The van der Waals surface area contributed by atoms with Crippen LogP contribution in [0, 0.1) is 13.8 Å². The van der Waals surface area contributed by atoms with Crippen molar-refractivity contribution in [2.24, 2.45) is 0 Å². The van der Waals surface area contributed by atoms with Crippen LogP contribution in [0.1, 0.15) is 37.7 Å². The lowest BCUT2D eigenvalue weighted by Gasteiger charge is -2.16. The molecular weight excluding hydrogens is 374 g/mol. The molecule has 0 saturated heterocycles. The predicted octanol–water partition coefficient (Wildman–Crippen LogP) is 2.41. The lowest BCUT2D eigenvalue weighted by atomic mass is 10.0. The number of benzene rings is 1. The summed E-state index contributed by atoms with van der Waals surface area (Å²) in [5.74, 6) is -1.59. The third kappa shape index (κ3) is 3.87. The number of aromatic nitrogens is 2. The lowest BCUT2D eigenvalue weighted by Crippen LogP contribution is -2.43. The fourth-order valence-electron chi connectivity index (χ4n) is 3.47. The van der Waals surface area contributed by atoms with Gasteiger partial charge in [-0.25, -0.2) is 9.59 Å². The van der Waals surface area contributed by atoms with Gasteiger partial charge < -0.3 is 24.8 Å². The molecule has 0 aliphatic heterocycles. The van der Waals surface area contributed by atoms with Gasteiger partial charge in [-0.1, -0.05) is 18.2 Å². The Kier molecular flexibility index (Phi) is 5.72. The van der Waals surface area contributed by atoms with Crippen LogP contribution in [-0.2, 0) is 20.7 Å². The van der Waals surface area contributed by atoms with Crippen molar-refractivity contribution in [3.8, 4) is 0 Å². The molecule has 1 atom stereocenters. The summed E-state index contributed by atoms with van der Waals surface area (Å²) in [6, 6.07) is 6.81. The van der Waals surface area contributed by atoms with Gasteiger partial charge in [-0.2, -0.15) is 0 Å². The van der Waals surface area contributed by atoms with Crippen molar-refractivity contribution in [2.75, 3.05) is 14.2 Å². The minimum absolute atomic E-state index is 0.204. The van der Waals surface area contributed by atoms with Crippen LogP contribution in [0.15, 0.2) is 30.5 Å². The van der Waals surface area contributed by atoms with E-state index in [2.05, 4.69) is 15.3 Å². The van der Waals surface area contributed by atoms with Gasteiger partial charge in [0, 0.05) is 29.2 Å². The van der Waals surface area contributed by atoms with Gasteiger partial charge in [-0.3, -0.25) is 4.79 Å². The Balaban J connectivity index is 1.87. The second-order valence-corrected chi connectivity index (χ2v) is 6.73. The number of carbonyl (C=O) groups is 3. The van der Waals surface area contributed by atoms with E-state index in [0.717, 1.165) is 16.5 Å². The Bertz CT molecular complexity index is 1080. The number of amides is 1. The third-order valence-corrected chi connectivity index (χ3v) is 4.94. The van der Waals surface area contributed by atoms with Crippen molar-refractivity contribution in [2.45, 2.75) is 26.3 Å². The van der Waals surface area contributed by atoms with Crippen molar-refractivity contribution < 1.29 is 23.9 Å². The number of nitrogens with one attached hydrogen (secondary N) is 3. The first-order chi connectivity index (χ1) is 13.9. The van der Waals surface area contributed by atoms with E-state index in [1.807, 2.05) is 30.5 Å². The fraction of sp³-hybridized carbons (Fsp3) is 0.286. The SMILES string of the molecule is COC(=O)c1c(C)[nH]c(C(=O)N[C@H](Cc2c[nH]c3ccccc23)C(=O)OC)c1C. The van der Waals surface area contributed by atoms with E-state index >= 15 is 0 Å². The number of hydrogen-bond acceptors (Lipinski definition) is 5. The zero-order valence-electron chi connectivity index (χ0n) is 16.7. The molecule has 0 aliphatic rings. The van der Waals surface area contributed by atoms with E-state index in [4.69, 9.17) is 9.47 Å². The van der Waals surface area contributed by atoms with E-state index in [-0.39, 0.29) is 12.1 Å². The first-order valence-electron chi connectivity index (χ1n) is 9.08. The Morgan fingerprint density at radius 3 is 2.52 bits per heavy atom. The third-order valence-electron chi connectivity index (χ3n) is 4.94. The Hall–Kier alpha value is -3.55. The van der Waals surface area contributed by atoms with Crippen LogP contribution >= 0.6 is 0 Å². The standard InChI is InChI=1S/C21H23N3O5/c1-11-17(21(27)29-4)12(2)23-18(11)19(25)24-16(20(26)28-3)9-13-10-22-15-8-6-5-7-14(13)15/h5-8,10,16,22-23H,9H2,1-4H3,(H,24,25)/t16-/m1/s1. The average Bonchev–Trinajstić information content (AvgIpc) is 3.26. The smallest absolute Gasteiger partial charge is 0.339 e. The van der Waals surface area contributed by atoms with Gasteiger partial charge in [0.25, 0.3) is 5.91 Å². The van der Waals surface area contributed by atoms with Gasteiger partial charge in [0.15, 0.2) is 0 Å². The van der Waals surface area contributed by atoms with Crippen molar-refractivity contribution in [1.82, 2.24) is 15.3 Å². The zero-order valence-corrected chi connectivity index (χ0v) is 16.7. The molecule has 0 fully saturated rings. The van der Waals surface area contributed by atoms with Crippen LogP contribution in [0.2, 0.25) is 0 Å². The number of ether oxygens (including phenoxy) is 2. The van der Waals surface area contributed by atoms with E-state index in [1.165, 1.54) is 14.2 Å². The highest BCUT2D eigenvalue weighted by molar-refractivity contribution is 6.01.